The number of benzene rings is 1. The number of esters is 2. The highest BCUT2D eigenvalue weighted by Gasteiger charge is 2.36. The van der Waals surface area contributed by atoms with Crippen LogP contribution in [0, 0.1) is 11.6 Å². The van der Waals surface area contributed by atoms with Crippen molar-refractivity contribution in [2.24, 2.45) is 0 Å². The van der Waals surface area contributed by atoms with Crippen LogP contribution in [0.2, 0.25) is 0 Å². The fourth-order valence-electron chi connectivity index (χ4n) is 4.52. The minimum atomic E-state index is -0.924. The number of carbonyl (C=O) groups is 2. The number of anilines is 1. The van der Waals surface area contributed by atoms with E-state index < -0.39 is 35.4 Å². The van der Waals surface area contributed by atoms with Crippen LogP contribution in [0.15, 0.2) is 10.9 Å². The van der Waals surface area contributed by atoms with E-state index in [1.165, 1.54) is 4.57 Å². The lowest BCUT2D eigenvalue weighted by Crippen LogP contribution is -2.45. The quantitative estimate of drug-likeness (QED) is 0.567. The standard InChI is InChI=1S/C24H29F2N3O5/c1-4-33-18(30)13-17-19(24(32)34-5-2)23(31)15-12-16(25)22(28-10-8-27(3)9-11-28)20(26)21(15)29(17)14-6-7-14/h12,14H,4-11,13H2,1-3H3. The number of ether oxygens (including phenoxy) is 2. The van der Waals surface area contributed by atoms with Gasteiger partial charge in [-0.25, -0.2) is 13.6 Å². The van der Waals surface area contributed by atoms with Crippen LogP contribution in [-0.2, 0) is 20.7 Å². The number of rotatable bonds is 7. The van der Waals surface area contributed by atoms with Gasteiger partial charge in [-0.2, -0.15) is 0 Å². The first-order valence-corrected chi connectivity index (χ1v) is 11.6. The summed E-state index contributed by atoms with van der Waals surface area (Å²) in [5.74, 6) is -3.29. The zero-order chi connectivity index (χ0) is 24.6. The van der Waals surface area contributed by atoms with E-state index in [1.54, 1.807) is 18.7 Å². The van der Waals surface area contributed by atoms with Crippen LogP contribution in [-0.4, -0.2) is 67.8 Å². The highest BCUT2D eigenvalue weighted by Crippen LogP contribution is 2.41. The largest absolute Gasteiger partial charge is 0.466 e. The molecule has 2 aromatic rings. The highest BCUT2D eigenvalue weighted by atomic mass is 19.1. The van der Waals surface area contributed by atoms with E-state index in [9.17, 15) is 14.4 Å². The van der Waals surface area contributed by atoms with E-state index in [2.05, 4.69) is 4.90 Å². The number of halogens is 2. The van der Waals surface area contributed by atoms with Crippen LogP contribution in [0.4, 0.5) is 14.5 Å². The van der Waals surface area contributed by atoms with E-state index in [-0.39, 0.29) is 47.1 Å². The van der Waals surface area contributed by atoms with Gasteiger partial charge in [-0.05, 0) is 39.8 Å². The normalized spacial score (nSPS) is 16.7. The molecule has 1 saturated carbocycles. The Bertz CT molecular complexity index is 1180. The second-order valence-electron chi connectivity index (χ2n) is 8.66. The molecule has 1 aliphatic heterocycles. The average Bonchev–Trinajstić information content (AvgIpc) is 3.61. The summed E-state index contributed by atoms with van der Waals surface area (Å²) in [6.07, 6.45) is 0.956. The van der Waals surface area contributed by atoms with Crippen LogP contribution >= 0.6 is 0 Å². The van der Waals surface area contributed by atoms with Gasteiger partial charge in [-0.15, -0.1) is 0 Å². The Morgan fingerprint density at radius 1 is 1.06 bits per heavy atom. The molecule has 0 unspecified atom stereocenters. The van der Waals surface area contributed by atoms with Crippen molar-refractivity contribution in [2.75, 3.05) is 51.3 Å². The molecule has 0 radical (unpaired) electrons. The number of carbonyl (C=O) groups excluding carboxylic acids is 2. The molecular weight excluding hydrogens is 448 g/mol. The van der Waals surface area contributed by atoms with E-state index >= 15 is 8.78 Å². The third-order valence-electron chi connectivity index (χ3n) is 6.29. The molecule has 1 aliphatic carbocycles. The summed E-state index contributed by atoms with van der Waals surface area (Å²) in [5.41, 5.74) is -1.46. The summed E-state index contributed by atoms with van der Waals surface area (Å²) in [5, 5.41) is -0.240. The fraction of sp³-hybridized carbons (Fsp3) is 0.542. The minimum absolute atomic E-state index is 0.00362. The summed E-state index contributed by atoms with van der Waals surface area (Å²) in [6.45, 7) is 5.49. The van der Waals surface area contributed by atoms with Crippen molar-refractivity contribution in [3.8, 4) is 0 Å². The van der Waals surface area contributed by atoms with Crippen LogP contribution in [0.5, 0.6) is 0 Å². The second-order valence-corrected chi connectivity index (χ2v) is 8.66. The molecule has 1 aromatic heterocycles. The number of hydrogen-bond donors (Lipinski definition) is 0. The molecule has 1 aromatic carbocycles. The van der Waals surface area contributed by atoms with E-state index in [4.69, 9.17) is 9.47 Å². The molecule has 2 aliphatic rings. The molecular formula is C24H29F2N3O5. The van der Waals surface area contributed by atoms with Crippen molar-refractivity contribution in [3.05, 3.63) is 39.2 Å². The van der Waals surface area contributed by atoms with Gasteiger partial charge in [-0.3, -0.25) is 9.59 Å². The molecule has 0 bridgehead atoms. The number of nitrogens with zero attached hydrogens (tertiary/aromatic N) is 3. The van der Waals surface area contributed by atoms with Crippen LogP contribution in [0.3, 0.4) is 0 Å². The smallest absolute Gasteiger partial charge is 0.343 e. The van der Waals surface area contributed by atoms with Gasteiger partial charge in [0.15, 0.2) is 5.82 Å². The summed E-state index contributed by atoms with van der Waals surface area (Å²) in [6, 6.07) is 0.783. The first kappa shape index (κ1) is 24.1. The molecule has 184 valence electrons. The van der Waals surface area contributed by atoms with E-state index in [1.807, 2.05) is 7.05 Å². The molecule has 2 heterocycles. The molecule has 4 rings (SSSR count). The van der Waals surface area contributed by atoms with Crippen molar-refractivity contribution in [1.82, 2.24) is 9.47 Å². The van der Waals surface area contributed by atoms with Crippen molar-refractivity contribution in [3.63, 3.8) is 0 Å². The summed E-state index contributed by atoms with van der Waals surface area (Å²) >= 11 is 0. The van der Waals surface area contributed by atoms with Gasteiger partial charge in [0.25, 0.3) is 0 Å². The summed E-state index contributed by atoms with van der Waals surface area (Å²) < 4.78 is 43.0. The predicted molar refractivity (Wildman–Crippen MR) is 122 cm³/mol. The topological polar surface area (TPSA) is 81.1 Å². The molecule has 34 heavy (non-hydrogen) atoms. The highest BCUT2D eigenvalue weighted by molar-refractivity contribution is 5.97. The number of piperazine rings is 1. The van der Waals surface area contributed by atoms with Crippen LogP contribution < -0.4 is 10.3 Å². The Hall–Kier alpha value is -3.01. The van der Waals surface area contributed by atoms with Crippen LogP contribution in [0.1, 0.15) is 48.8 Å². The monoisotopic (exact) mass is 477 g/mol. The molecule has 0 atom stereocenters. The maximum absolute atomic E-state index is 16.1. The van der Waals surface area contributed by atoms with Gasteiger partial charge in [0.05, 0.1) is 30.5 Å². The Morgan fingerprint density at radius 3 is 2.29 bits per heavy atom. The summed E-state index contributed by atoms with van der Waals surface area (Å²) in [7, 11) is 1.94. The van der Waals surface area contributed by atoms with Gasteiger partial charge in [0, 0.05) is 37.9 Å². The number of pyridine rings is 1. The number of aromatic nitrogens is 1. The fourth-order valence-corrected chi connectivity index (χ4v) is 4.52. The van der Waals surface area contributed by atoms with Crippen molar-refractivity contribution in [1.29, 1.82) is 0 Å². The Labute approximate surface area is 196 Å². The van der Waals surface area contributed by atoms with E-state index in [0.29, 0.717) is 39.0 Å². The average molecular weight is 478 g/mol. The zero-order valence-corrected chi connectivity index (χ0v) is 19.7. The maximum Gasteiger partial charge on any atom is 0.343 e. The first-order chi connectivity index (χ1) is 16.3. The Balaban J connectivity index is 2.01. The van der Waals surface area contributed by atoms with Crippen molar-refractivity contribution >= 4 is 28.5 Å². The Morgan fingerprint density at radius 2 is 1.71 bits per heavy atom. The van der Waals surface area contributed by atoms with Gasteiger partial charge < -0.3 is 23.8 Å². The molecule has 1 saturated heterocycles. The second kappa shape index (κ2) is 9.69. The third kappa shape index (κ3) is 4.38. The Kier molecular flexibility index (Phi) is 6.88. The molecule has 8 nitrogen and oxygen atoms in total. The SMILES string of the molecule is CCOC(=O)Cc1c(C(=O)OCC)c(=O)c2cc(F)c(N3CCN(C)CC3)c(F)c2n1C1CC1. The van der Waals surface area contributed by atoms with E-state index in [0.717, 1.165) is 6.07 Å². The minimum Gasteiger partial charge on any atom is -0.466 e. The predicted octanol–water partition coefficient (Wildman–Crippen LogP) is 2.65. The van der Waals surface area contributed by atoms with Crippen molar-refractivity contribution < 1.29 is 27.8 Å². The maximum atomic E-state index is 16.1. The lowest BCUT2D eigenvalue weighted by Gasteiger charge is -2.34. The molecule has 0 N–H and O–H groups in total. The van der Waals surface area contributed by atoms with Gasteiger partial charge in [-0.1, -0.05) is 0 Å². The van der Waals surface area contributed by atoms with Gasteiger partial charge in [0.1, 0.15) is 17.1 Å². The number of likely N-dealkylation sites (N-methyl/N-ethyl adjacent to an activating group) is 1. The lowest BCUT2D eigenvalue weighted by atomic mass is 10.0. The number of fused-ring (bicyclic) bond motifs is 1. The molecule has 0 amide bonds. The molecule has 2 fully saturated rings. The molecule has 0 spiro atoms. The molecule has 10 heteroatoms. The van der Waals surface area contributed by atoms with Crippen LogP contribution in [0.25, 0.3) is 10.9 Å². The third-order valence-corrected chi connectivity index (χ3v) is 6.29. The van der Waals surface area contributed by atoms with Gasteiger partial charge in [0.2, 0.25) is 5.43 Å². The lowest BCUT2D eigenvalue weighted by molar-refractivity contribution is -0.142. The van der Waals surface area contributed by atoms with Crippen molar-refractivity contribution in [2.45, 2.75) is 39.2 Å². The first-order valence-electron chi connectivity index (χ1n) is 11.6. The number of hydrogen-bond acceptors (Lipinski definition) is 7. The summed E-state index contributed by atoms with van der Waals surface area (Å²) in [4.78, 5) is 42.3. The zero-order valence-electron chi connectivity index (χ0n) is 19.7. The van der Waals surface area contributed by atoms with Gasteiger partial charge >= 0.3 is 11.9 Å².